The van der Waals surface area contributed by atoms with E-state index in [0.29, 0.717) is 24.6 Å². The number of benzene rings is 1. The molecular formula is C15H15N3O3. The third-order valence-corrected chi connectivity index (χ3v) is 3.83. The molecule has 108 valence electrons. The number of piperidine rings is 1. The van der Waals surface area contributed by atoms with Gasteiger partial charge in [0, 0.05) is 11.9 Å². The zero-order chi connectivity index (χ0) is 14.3. The molecule has 3 aromatic rings. The SMILES string of the molecule is OC1(c2nc(-c3cc4ccccc4o3)no2)CCCNC1. The van der Waals surface area contributed by atoms with Gasteiger partial charge in [0.25, 0.3) is 5.89 Å². The van der Waals surface area contributed by atoms with Crippen molar-refractivity contribution in [2.24, 2.45) is 0 Å². The highest BCUT2D eigenvalue weighted by Gasteiger charge is 2.37. The molecule has 21 heavy (non-hydrogen) atoms. The third kappa shape index (κ3) is 2.12. The molecule has 2 N–H and O–H groups in total. The predicted molar refractivity (Wildman–Crippen MR) is 75.5 cm³/mol. The molecule has 1 unspecified atom stereocenters. The minimum atomic E-state index is -1.09. The van der Waals surface area contributed by atoms with Crippen molar-refractivity contribution >= 4 is 11.0 Å². The summed E-state index contributed by atoms with van der Waals surface area (Å²) in [6, 6.07) is 9.57. The Morgan fingerprint density at radius 1 is 1.29 bits per heavy atom. The van der Waals surface area contributed by atoms with Crippen LogP contribution in [0.25, 0.3) is 22.6 Å². The highest BCUT2D eigenvalue weighted by molar-refractivity contribution is 5.81. The van der Waals surface area contributed by atoms with E-state index in [1.807, 2.05) is 30.3 Å². The summed E-state index contributed by atoms with van der Waals surface area (Å²) in [4.78, 5) is 4.31. The molecule has 1 fully saturated rings. The molecule has 6 heteroatoms. The van der Waals surface area contributed by atoms with E-state index < -0.39 is 5.60 Å². The van der Waals surface area contributed by atoms with Crippen molar-refractivity contribution < 1.29 is 14.0 Å². The van der Waals surface area contributed by atoms with Gasteiger partial charge in [0.05, 0.1) is 0 Å². The molecule has 0 aliphatic carbocycles. The summed E-state index contributed by atoms with van der Waals surface area (Å²) < 4.78 is 11.0. The maximum atomic E-state index is 10.6. The van der Waals surface area contributed by atoms with Crippen LogP contribution in [0.1, 0.15) is 18.7 Å². The Balaban J connectivity index is 1.70. The van der Waals surface area contributed by atoms with Crippen molar-refractivity contribution in [1.82, 2.24) is 15.5 Å². The average molecular weight is 285 g/mol. The van der Waals surface area contributed by atoms with Gasteiger partial charge in [-0.1, -0.05) is 23.4 Å². The molecular weight excluding hydrogens is 270 g/mol. The van der Waals surface area contributed by atoms with E-state index in [-0.39, 0.29) is 5.89 Å². The minimum absolute atomic E-state index is 0.241. The molecule has 0 bridgehead atoms. The Labute approximate surface area is 120 Å². The van der Waals surface area contributed by atoms with Gasteiger partial charge in [-0.25, -0.2) is 0 Å². The smallest absolute Gasteiger partial charge is 0.260 e. The molecule has 3 heterocycles. The largest absolute Gasteiger partial charge is 0.453 e. The summed E-state index contributed by atoms with van der Waals surface area (Å²) in [6.07, 6.45) is 1.49. The van der Waals surface area contributed by atoms with Crippen molar-refractivity contribution in [2.75, 3.05) is 13.1 Å². The van der Waals surface area contributed by atoms with Crippen LogP contribution in [0.4, 0.5) is 0 Å². The van der Waals surface area contributed by atoms with Crippen LogP contribution in [0.15, 0.2) is 39.3 Å². The lowest BCUT2D eigenvalue weighted by atomic mass is 9.94. The molecule has 0 amide bonds. The van der Waals surface area contributed by atoms with Crippen molar-refractivity contribution in [2.45, 2.75) is 18.4 Å². The minimum Gasteiger partial charge on any atom is -0.453 e. The molecule has 1 aliphatic rings. The topological polar surface area (TPSA) is 84.3 Å². The second-order valence-corrected chi connectivity index (χ2v) is 5.38. The van der Waals surface area contributed by atoms with E-state index in [0.717, 1.165) is 23.9 Å². The van der Waals surface area contributed by atoms with Gasteiger partial charge in [-0.05, 0) is 31.5 Å². The molecule has 1 saturated heterocycles. The number of aliphatic hydroxyl groups is 1. The van der Waals surface area contributed by atoms with Gasteiger partial charge < -0.3 is 19.4 Å². The number of para-hydroxylation sites is 1. The number of nitrogens with zero attached hydrogens (tertiary/aromatic N) is 2. The summed E-state index contributed by atoms with van der Waals surface area (Å²) >= 11 is 0. The van der Waals surface area contributed by atoms with E-state index in [1.165, 1.54) is 0 Å². The number of β-amino-alcohol motifs (C(OH)–C–C–N with tert-alkyl or cyclic N) is 1. The molecule has 2 aromatic heterocycles. The summed E-state index contributed by atoms with van der Waals surface area (Å²) in [7, 11) is 0. The standard InChI is InChI=1S/C15H15N3O3/c19-15(6-3-7-16-9-15)14-17-13(18-21-14)12-8-10-4-1-2-5-11(10)20-12/h1-2,4-5,8,16,19H,3,6-7,9H2. The van der Waals surface area contributed by atoms with Crippen LogP contribution in [0.3, 0.4) is 0 Å². The fourth-order valence-corrected chi connectivity index (χ4v) is 2.68. The predicted octanol–water partition coefficient (Wildman–Crippen LogP) is 2.05. The van der Waals surface area contributed by atoms with Crippen LogP contribution >= 0.6 is 0 Å². The number of hydrogen-bond donors (Lipinski definition) is 2. The van der Waals surface area contributed by atoms with Gasteiger partial charge in [0.1, 0.15) is 5.58 Å². The number of rotatable bonds is 2. The first-order chi connectivity index (χ1) is 10.2. The van der Waals surface area contributed by atoms with Crippen LogP contribution in [0, 0.1) is 0 Å². The zero-order valence-corrected chi connectivity index (χ0v) is 11.4. The normalized spacial score (nSPS) is 22.7. The maximum absolute atomic E-state index is 10.6. The van der Waals surface area contributed by atoms with E-state index in [9.17, 15) is 5.11 Å². The van der Waals surface area contributed by atoms with Crippen molar-refractivity contribution in [3.63, 3.8) is 0 Å². The maximum Gasteiger partial charge on any atom is 0.260 e. The van der Waals surface area contributed by atoms with Gasteiger partial charge in [0.15, 0.2) is 11.4 Å². The quantitative estimate of drug-likeness (QED) is 0.749. The van der Waals surface area contributed by atoms with Gasteiger partial charge in [-0.3, -0.25) is 0 Å². The monoisotopic (exact) mass is 285 g/mol. The average Bonchev–Trinajstić information content (AvgIpc) is 3.15. The molecule has 0 saturated carbocycles. The number of nitrogens with one attached hydrogen (secondary N) is 1. The zero-order valence-electron chi connectivity index (χ0n) is 11.4. The van der Waals surface area contributed by atoms with E-state index >= 15 is 0 Å². The molecule has 1 aliphatic heterocycles. The van der Waals surface area contributed by atoms with Crippen LogP contribution in [0.5, 0.6) is 0 Å². The molecule has 6 nitrogen and oxygen atoms in total. The fourth-order valence-electron chi connectivity index (χ4n) is 2.68. The van der Waals surface area contributed by atoms with Crippen LogP contribution in [-0.2, 0) is 5.60 Å². The van der Waals surface area contributed by atoms with Crippen LogP contribution < -0.4 is 5.32 Å². The van der Waals surface area contributed by atoms with E-state index in [4.69, 9.17) is 8.94 Å². The van der Waals surface area contributed by atoms with E-state index in [1.54, 1.807) is 0 Å². The van der Waals surface area contributed by atoms with Gasteiger partial charge in [-0.2, -0.15) is 4.98 Å². The Kier molecular flexibility index (Phi) is 2.80. The fraction of sp³-hybridized carbons (Fsp3) is 0.333. The first-order valence-corrected chi connectivity index (χ1v) is 7.01. The number of furan rings is 1. The van der Waals surface area contributed by atoms with Crippen molar-refractivity contribution in [1.29, 1.82) is 0 Å². The van der Waals surface area contributed by atoms with Crippen LogP contribution in [0.2, 0.25) is 0 Å². The molecule has 0 spiro atoms. The molecule has 1 atom stereocenters. The summed E-state index contributed by atoms with van der Waals surface area (Å²) in [5.41, 5.74) is -0.313. The molecule has 1 aromatic carbocycles. The Morgan fingerprint density at radius 2 is 2.19 bits per heavy atom. The Bertz CT molecular complexity index is 738. The lowest BCUT2D eigenvalue weighted by Crippen LogP contribution is -2.43. The number of aromatic nitrogens is 2. The second-order valence-electron chi connectivity index (χ2n) is 5.38. The molecule has 4 rings (SSSR count). The first-order valence-electron chi connectivity index (χ1n) is 7.01. The van der Waals surface area contributed by atoms with Gasteiger partial charge in [0.2, 0.25) is 5.82 Å². The van der Waals surface area contributed by atoms with Gasteiger partial charge in [-0.15, -0.1) is 0 Å². The van der Waals surface area contributed by atoms with E-state index in [2.05, 4.69) is 15.5 Å². The number of hydrogen-bond acceptors (Lipinski definition) is 6. The first kappa shape index (κ1) is 12.6. The lowest BCUT2D eigenvalue weighted by molar-refractivity contribution is -0.0167. The van der Waals surface area contributed by atoms with Crippen molar-refractivity contribution in [3.8, 4) is 11.6 Å². The summed E-state index contributed by atoms with van der Waals surface area (Å²) in [5.74, 6) is 1.14. The second kappa shape index (κ2) is 4.68. The summed E-state index contributed by atoms with van der Waals surface area (Å²) in [6.45, 7) is 1.32. The lowest BCUT2D eigenvalue weighted by Gasteiger charge is -2.28. The molecule has 0 radical (unpaired) electrons. The van der Waals surface area contributed by atoms with Gasteiger partial charge >= 0.3 is 0 Å². The van der Waals surface area contributed by atoms with Crippen LogP contribution in [-0.4, -0.2) is 28.3 Å². The third-order valence-electron chi connectivity index (χ3n) is 3.83. The summed E-state index contributed by atoms with van der Waals surface area (Å²) in [5, 5.41) is 18.6. The highest BCUT2D eigenvalue weighted by atomic mass is 16.5. The Morgan fingerprint density at radius 3 is 3.00 bits per heavy atom. The Hall–Kier alpha value is -2.18. The van der Waals surface area contributed by atoms with Crippen molar-refractivity contribution in [3.05, 3.63) is 36.2 Å². The highest BCUT2D eigenvalue weighted by Crippen LogP contribution is 2.30. The number of fused-ring (bicyclic) bond motifs is 1.